The van der Waals surface area contributed by atoms with Crippen molar-refractivity contribution in [2.45, 2.75) is 25.0 Å². The Labute approximate surface area is 68.0 Å². The molecule has 1 fully saturated rings. The largest absolute Gasteiger partial charge is 0.389 e. The van der Waals surface area contributed by atoms with Crippen LogP contribution in [0.15, 0.2) is 0 Å². The van der Waals surface area contributed by atoms with Crippen molar-refractivity contribution in [1.29, 1.82) is 0 Å². The second-order valence-electron chi connectivity index (χ2n) is 3.25. The lowest BCUT2D eigenvalue weighted by Gasteiger charge is -2.20. The van der Waals surface area contributed by atoms with Crippen LogP contribution in [0.2, 0.25) is 0 Å². The van der Waals surface area contributed by atoms with Crippen molar-refractivity contribution in [1.82, 2.24) is 4.90 Å². The first-order chi connectivity index (χ1) is 5.24. The molecule has 0 spiro atoms. The lowest BCUT2D eigenvalue weighted by Crippen LogP contribution is -2.35. The second kappa shape index (κ2) is 4.04. The zero-order valence-corrected chi connectivity index (χ0v) is 7.29. The van der Waals surface area contributed by atoms with Crippen LogP contribution in [0.1, 0.15) is 12.8 Å². The lowest BCUT2D eigenvalue weighted by molar-refractivity contribution is -0.0170. The molecule has 3 nitrogen and oxygen atoms in total. The average molecular weight is 159 g/mol. The van der Waals surface area contributed by atoms with Crippen LogP contribution in [0, 0.1) is 0 Å². The van der Waals surface area contributed by atoms with Gasteiger partial charge >= 0.3 is 0 Å². The molecule has 66 valence electrons. The Morgan fingerprint density at radius 1 is 1.55 bits per heavy atom. The smallest absolute Gasteiger partial charge is 0.0928 e. The van der Waals surface area contributed by atoms with Gasteiger partial charge in [0.25, 0.3) is 0 Å². The number of aliphatic hydroxyl groups excluding tert-OH is 1. The highest BCUT2D eigenvalue weighted by Crippen LogP contribution is 2.12. The van der Waals surface area contributed by atoms with Crippen LogP contribution in [-0.4, -0.2) is 49.5 Å². The molecule has 1 aliphatic heterocycles. The van der Waals surface area contributed by atoms with Crippen LogP contribution in [0.4, 0.5) is 0 Å². The molecule has 0 aromatic carbocycles. The molecule has 2 unspecified atom stereocenters. The van der Waals surface area contributed by atoms with Gasteiger partial charge in [-0.25, -0.2) is 0 Å². The maximum Gasteiger partial charge on any atom is 0.0928 e. The summed E-state index contributed by atoms with van der Waals surface area (Å²) in [6.07, 6.45) is 1.82. The molecule has 1 aliphatic rings. The van der Waals surface area contributed by atoms with Gasteiger partial charge in [0.15, 0.2) is 0 Å². The molecule has 0 saturated carbocycles. The number of β-amino-alcohol motifs (C(OH)–C–C–N with tert-alkyl or cyclic N) is 1. The molecule has 1 rings (SSSR count). The van der Waals surface area contributed by atoms with E-state index >= 15 is 0 Å². The Kier molecular flexibility index (Phi) is 3.30. The first kappa shape index (κ1) is 8.97. The monoisotopic (exact) mass is 159 g/mol. The van der Waals surface area contributed by atoms with E-state index in [1.165, 1.54) is 0 Å². The van der Waals surface area contributed by atoms with Crippen LogP contribution in [-0.2, 0) is 4.74 Å². The van der Waals surface area contributed by atoms with Gasteiger partial charge in [0.1, 0.15) is 0 Å². The fourth-order valence-electron chi connectivity index (χ4n) is 1.56. The van der Waals surface area contributed by atoms with Crippen LogP contribution >= 0.6 is 0 Å². The number of likely N-dealkylation sites (N-methyl/N-ethyl adjacent to an activating group) is 1. The van der Waals surface area contributed by atoms with E-state index in [1.54, 1.807) is 7.11 Å². The SMILES string of the molecule is COC1CCCN(C)CC1O. The van der Waals surface area contributed by atoms with Crippen molar-refractivity contribution in [3.63, 3.8) is 0 Å². The zero-order chi connectivity index (χ0) is 8.27. The van der Waals surface area contributed by atoms with Crippen molar-refractivity contribution in [2.75, 3.05) is 27.2 Å². The summed E-state index contributed by atoms with van der Waals surface area (Å²) in [4.78, 5) is 2.14. The molecule has 2 atom stereocenters. The van der Waals surface area contributed by atoms with E-state index in [2.05, 4.69) is 4.90 Å². The predicted octanol–water partition coefficient (Wildman–Crippen LogP) is 0.0879. The summed E-state index contributed by atoms with van der Waals surface area (Å²) in [6, 6.07) is 0. The highest BCUT2D eigenvalue weighted by Gasteiger charge is 2.22. The van der Waals surface area contributed by atoms with Gasteiger partial charge in [0, 0.05) is 13.7 Å². The standard InChI is InChI=1S/C8H17NO2/c1-9-5-3-4-8(11-2)7(10)6-9/h7-8,10H,3-6H2,1-2H3. The minimum atomic E-state index is -0.313. The normalized spacial score (nSPS) is 35.2. The molecule has 1 saturated heterocycles. The fraction of sp³-hybridized carbons (Fsp3) is 1.00. The summed E-state index contributed by atoms with van der Waals surface area (Å²) >= 11 is 0. The Morgan fingerprint density at radius 2 is 2.27 bits per heavy atom. The molecule has 0 radical (unpaired) electrons. The quantitative estimate of drug-likeness (QED) is 0.588. The Bertz CT molecular complexity index is 119. The Balaban J connectivity index is 2.43. The van der Waals surface area contributed by atoms with Crippen molar-refractivity contribution in [2.24, 2.45) is 0 Å². The molecule has 1 heterocycles. The van der Waals surface area contributed by atoms with Crippen LogP contribution < -0.4 is 0 Å². The minimum Gasteiger partial charge on any atom is -0.389 e. The molecule has 0 bridgehead atoms. The van der Waals surface area contributed by atoms with Gasteiger partial charge in [-0.1, -0.05) is 0 Å². The van der Waals surface area contributed by atoms with E-state index in [1.807, 2.05) is 7.05 Å². The third kappa shape index (κ3) is 2.43. The van der Waals surface area contributed by atoms with Crippen molar-refractivity contribution in [3.8, 4) is 0 Å². The second-order valence-corrected chi connectivity index (χ2v) is 3.25. The van der Waals surface area contributed by atoms with Crippen molar-refractivity contribution >= 4 is 0 Å². The number of aliphatic hydroxyl groups is 1. The molecule has 0 aromatic heterocycles. The van der Waals surface area contributed by atoms with Gasteiger partial charge < -0.3 is 14.7 Å². The number of rotatable bonds is 1. The van der Waals surface area contributed by atoms with Crippen LogP contribution in [0.25, 0.3) is 0 Å². The number of ether oxygens (including phenoxy) is 1. The third-order valence-corrected chi connectivity index (χ3v) is 2.26. The van der Waals surface area contributed by atoms with E-state index in [0.29, 0.717) is 0 Å². The summed E-state index contributed by atoms with van der Waals surface area (Å²) in [5, 5.41) is 9.55. The van der Waals surface area contributed by atoms with Gasteiger partial charge in [-0.05, 0) is 26.4 Å². The highest BCUT2D eigenvalue weighted by atomic mass is 16.5. The van der Waals surface area contributed by atoms with E-state index in [-0.39, 0.29) is 12.2 Å². The van der Waals surface area contributed by atoms with E-state index < -0.39 is 0 Å². The molecular formula is C8H17NO2. The predicted molar refractivity (Wildman–Crippen MR) is 43.5 cm³/mol. The first-order valence-electron chi connectivity index (χ1n) is 4.13. The van der Waals surface area contributed by atoms with Gasteiger partial charge in [-0.2, -0.15) is 0 Å². The number of likely N-dealkylation sites (tertiary alicyclic amines) is 1. The van der Waals surface area contributed by atoms with E-state index in [9.17, 15) is 5.11 Å². The number of methoxy groups -OCH3 is 1. The topological polar surface area (TPSA) is 32.7 Å². The molecule has 3 heteroatoms. The maximum absolute atomic E-state index is 9.55. The summed E-state index contributed by atoms with van der Waals surface area (Å²) < 4.78 is 5.16. The molecule has 0 aromatic rings. The molecule has 0 aliphatic carbocycles. The van der Waals surface area contributed by atoms with Crippen molar-refractivity contribution < 1.29 is 9.84 Å². The third-order valence-electron chi connectivity index (χ3n) is 2.26. The molecule has 11 heavy (non-hydrogen) atoms. The summed E-state index contributed by atoms with van der Waals surface area (Å²) in [6.45, 7) is 1.80. The fourth-order valence-corrected chi connectivity index (χ4v) is 1.56. The molecular weight excluding hydrogens is 142 g/mol. The Morgan fingerprint density at radius 3 is 2.91 bits per heavy atom. The van der Waals surface area contributed by atoms with Gasteiger partial charge in [-0.3, -0.25) is 0 Å². The highest BCUT2D eigenvalue weighted by molar-refractivity contribution is 4.76. The summed E-state index contributed by atoms with van der Waals surface area (Å²) in [5.74, 6) is 0. The zero-order valence-electron chi connectivity index (χ0n) is 7.29. The van der Waals surface area contributed by atoms with Gasteiger partial charge in [0.2, 0.25) is 0 Å². The van der Waals surface area contributed by atoms with Gasteiger partial charge in [-0.15, -0.1) is 0 Å². The van der Waals surface area contributed by atoms with E-state index in [4.69, 9.17) is 4.74 Å². The molecule has 1 N–H and O–H groups in total. The number of nitrogens with zero attached hydrogens (tertiary/aromatic N) is 1. The minimum absolute atomic E-state index is 0.0416. The van der Waals surface area contributed by atoms with Crippen LogP contribution in [0.5, 0.6) is 0 Å². The first-order valence-corrected chi connectivity index (χ1v) is 4.13. The van der Waals surface area contributed by atoms with Crippen molar-refractivity contribution in [3.05, 3.63) is 0 Å². The molecule has 0 amide bonds. The maximum atomic E-state index is 9.55. The van der Waals surface area contributed by atoms with E-state index in [0.717, 1.165) is 25.9 Å². The lowest BCUT2D eigenvalue weighted by atomic mass is 10.1. The summed E-state index contributed by atoms with van der Waals surface area (Å²) in [5.41, 5.74) is 0. The van der Waals surface area contributed by atoms with Crippen LogP contribution in [0.3, 0.4) is 0 Å². The average Bonchev–Trinajstić information content (AvgIpc) is 2.11. The number of hydrogen-bond donors (Lipinski definition) is 1. The van der Waals surface area contributed by atoms with Gasteiger partial charge in [0.05, 0.1) is 12.2 Å². The summed E-state index contributed by atoms with van der Waals surface area (Å²) in [7, 11) is 3.69. The Hall–Kier alpha value is -0.120. The number of hydrogen-bond acceptors (Lipinski definition) is 3.